The van der Waals surface area contributed by atoms with Gasteiger partial charge in [-0.25, -0.2) is 0 Å². The molecule has 3 nitrogen and oxygen atoms in total. The zero-order valence-corrected chi connectivity index (χ0v) is 13.6. The van der Waals surface area contributed by atoms with Gasteiger partial charge in [-0.2, -0.15) is 0 Å². The van der Waals surface area contributed by atoms with E-state index in [1.165, 1.54) is 11.1 Å². The van der Waals surface area contributed by atoms with E-state index in [-0.39, 0.29) is 6.04 Å². The van der Waals surface area contributed by atoms with Crippen LogP contribution in [0.2, 0.25) is 0 Å². The third kappa shape index (κ3) is 3.17. The number of benzene rings is 1. The van der Waals surface area contributed by atoms with Crippen molar-refractivity contribution in [3.8, 4) is 0 Å². The predicted molar refractivity (Wildman–Crippen MR) is 88.1 cm³/mol. The van der Waals surface area contributed by atoms with Crippen molar-refractivity contribution in [2.45, 2.75) is 26.4 Å². The van der Waals surface area contributed by atoms with Crippen LogP contribution in [-0.2, 0) is 6.54 Å². The fourth-order valence-corrected chi connectivity index (χ4v) is 2.69. The van der Waals surface area contributed by atoms with Crippen LogP contribution in [0.5, 0.6) is 0 Å². The minimum Gasteiger partial charge on any atom is -0.459 e. The summed E-state index contributed by atoms with van der Waals surface area (Å²) < 4.78 is 6.97. The molecule has 0 amide bonds. The molecule has 2 heterocycles. The van der Waals surface area contributed by atoms with E-state index in [1.54, 1.807) is 0 Å². The van der Waals surface area contributed by atoms with E-state index in [0.717, 1.165) is 27.7 Å². The Labute approximate surface area is 132 Å². The van der Waals surface area contributed by atoms with Crippen LogP contribution in [0, 0.1) is 6.92 Å². The second-order valence-electron chi connectivity index (χ2n) is 5.24. The lowest BCUT2D eigenvalue weighted by Gasteiger charge is -2.12. The maximum atomic E-state index is 5.91. The Morgan fingerprint density at radius 1 is 1.29 bits per heavy atom. The van der Waals surface area contributed by atoms with Crippen LogP contribution in [0.4, 0.5) is 0 Å². The lowest BCUT2D eigenvalue weighted by molar-refractivity contribution is 0.450. The number of aromatic nitrogens is 1. The second-order valence-corrected chi connectivity index (χ2v) is 6.15. The molecular weight excluding hydrogens is 328 g/mol. The minimum absolute atomic E-state index is 0.156. The van der Waals surface area contributed by atoms with Crippen LogP contribution in [0.3, 0.4) is 0 Å². The van der Waals surface area contributed by atoms with Gasteiger partial charge in [0, 0.05) is 28.8 Å². The molecule has 0 fully saturated rings. The first-order valence-electron chi connectivity index (χ1n) is 6.95. The number of halogens is 1. The lowest BCUT2D eigenvalue weighted by atomic mass is 10.1. The van der Waals surface area contributed by atoms with Crippen molar-refractivity contribution >= 4 is 26.9 Å². The van der Waals surface area contributed by atoms with Gasteiger partial charge in [0.2, 0.25) is 0 Å². The van der Waals surface area contributed by atoms with Gasteiger partial charge >= 0.3 is 0 Å². The van der Waals surface area contributed by atoms with Crippen LogP contribution in [0.15, 0.2) is 51.6 Å². The Morgan fingerprint density at radius 3 is 2.95 bits per heavy atom. The first-order valence-corrected chi connectivity index (χ1v) is 7.74. The highest BCUT2D eigenvalue weighted by Crippen LogP contribution is 2.26. The molecule has 1 atom stereocenters. The smallest absolute Gasteiger partial charge is 0.134 e. The number of pyridine rings is 1. The average molecular weight is 345 g/mol. The zero-order valence-electron chi connectivity index (χ0n) is 12.1. The monoisotopic (exact) mass is 344 g/mol. The standard InChI is InChI=1S/C17H17BrN2O/c1-11-9-19-6-5-13(11)10-20-12(2)17-8-14-7-15(18)3-4-16(14)21-17/h3-9,12,20H,10H2,1-2H3. The molecule has 0 spiro atoms. The molecule has 21 heavy (non-hydrogen) atoms. The van der Waals surface area contributed by atoms with Crippen molar-refractivity contribution < 1.29 is 4.42 Å². The van der Waals surface area contributed by atoms with E-state index in [0.29, 0.717) is 0 Å². The van der Waals surface area contributed by atoms with Crippen LogP contribution in [-0.4, -0.2) is 4.98 Å². The zero-order chi connectivity index (χ0) is 14.8. The van der Waals surface area contributed by atoms with Crippen molar-refractivity contribution in [1.29, 1.82) is 0 Å². The summed E-state index contributed by atoms with van der Waals surface area (Å²) in [5.74, 6) is 0.954. The van der Waals surface area contributed by atoms with Crippen molar-refractivity contribution in [1.82, 2.24) is 10.3 Å². The van der Waals surface area contributed by atoms with E-state index in [9.17, 15) is 0 Å². The number of hydrogen-bond donors (Lipinski definition) is 1. The summed E-state index contributed by atoms with van der Waals surface area (Å²) in [6.07, 6.45) is 3.72. The topological polar surface area (TPSA) is 38.1 Å². The van der Waals surface area contributed by atoms with E-state index in [2.05, 4.69) is 52.2 Å². The number of hydrogen-bond acceptors (Lipinski definition) is 3. The largest absolute Gasteiger partial charge is 0.459 e. The van der Waals surface area contributed by atoms with Gasteiger partial charge in [0.05, 0.1) is 6.04 Å². The Hall–Kier alpha value is -1.65. The summed E-state index contributed by atoms with van der Waals surface area (Å²) >= 11 is 3.48. The van der Waals surface area contributed by atoms with Gasteiger partial charge in [0.1, 0.15) is 11.3 Å². The molecule has 0 aliphatic heterocycles. The first kappa shape index (κ1) is 14.3. The van der Waals surface area contributed by atoms with E-state index >= 15 is 0 Å². The highest BCUT2D eigenvalue weighted by atomic mass is 79.9. The maximum absolute atomic E-state index is 5.91. The molecule has 2 aromatic heterocycles. The highest BCUT2D eigenvalue weighted by Gasteiger charge is 2.11. The average Bonchev–Trinajstić information content (AvgIpc) is 2.89. The molecule has 1 N–H and O–H groups in total. The summed E-state index contributed by atoms with van der Waals surface area (Å²) in [6.45, 7) is 4.99. The molecule has 108 valence electrons. The Balaban J connectivity index is 1.75. The van der Waals surface area contributed by atoms with E-state index < -0.39 is 0 Å². The van der Waals surface area contributed by atoms with Crippen LogP contribution < -0.4 is 5.32 Å². The fourth-order valence-electron chi connectivity index (χ4n) is 2.31. The quantitative estimate of drug-likeness (QED) is 0.742. The number of aryl methyl sites for hydroxylation is 1. The predicted octanol–water partition coefficient (Wildman–Crippen LogP) is 4.75. The number of fused-ring (bicyclic) bond motifs is 1. The molecule has 4 heteroatoms. The Morgan fingerprint density at radius 2 is 2.14 bits per heavy atom. The molecule has 0 aliphatic carbocycles. The molecule has 1 unspecified atom stereocenters. The summed E-state index contributed by atoms with van der Waals surface area (Å²) in [6, 6.07) is 10.4. The van der Waals surface area contributed by atoms with Crippen LogP contribution in [0.25, 0.3) is 11.0 Å². The highest BCUT2D eigenvalue weighted by molar-refractivity contribution is 9.10. The number of rotatable bonds is 4. The molecule has 3 rings (SSSR count). The van der Waals surface area contributed by atoms with Gasteiger partial charge in [-0.05, 0) is 55.3 Å². The summed E-state index contributed by atoms with van der Waals surface area (Å²) in [4.78, 5) is 4.12. The fraction of sp³-hybridized carbons (Fsp3) is 0.235. The Kier molecular flexibility index (Phi) is 4.08. The van der Waals surface area contributed by atoms with Crippen molar-refractivity contribution in [3.63, 3.8) is 0 Å². The molecule has 0 bridgehead atoms. The third-order valence-electron chi connectivity index (χ3n) is 3.66. The molecule has 0 radical (unpaired) electrons. The summed E-state index contributed by atoms with van der Waals surface area (Å²) in [7, 11) is 0. The number of nitrogens with one attached hydrogen (secondary N) is 1. The molecular formula is C17H17BrN2O. The molecule has 1 aromatic carbocycles. The van der Waals surface area contributed by atoms with Crippen LogP contribution >= 0.6 is 15.9 Å². The van der Waals surface area contributed by atoms with Gasteiger partial charge < -0.3 is 9.73 Å². The molecule has 3 aromatic rings. The maximum Gasteiger partial charge on any atom is 0.134 e. The van der Waals surface area contributed by atoms with Crippen molar-refractivity contribution in [2.24, 2.45) is 0 Å². The molecule has 0 saturated carbocycles. The molecule has 0 saturated heterocycles. The van der Waals surface area contributed by atoms with Crippen molar-refractivity contribution in [2.75, 3.05) is 0 Å². The van der Waals surface area contributed by atoms with Gasteiger partial charge in [0.25, 0.3) is 0 Å². The minimum atomic E-state index is 0.156. The van der Waals surface area contributed by atoms with Gasteiger partial charge in [0.15, 0.2) is 0 Å². The number of furan rings is 1. The molecule has 0 aliphatic rings. The Bertz CT molecular complexity index is 766. The van der Waals surface area contributed by atoms with Gasteiger partial charge in [-0.15, -0.1) is 0 Å². The summed E-state index contributed by atoms with van der Waals surface area (Å²) in [5.41, 5.74) is 3.38. The lowest BCUT2D eigenvalue weighted by Crippen LogP contribution is -2.18. The van der Waals surface area contributed by atoms with Crippen molar-refractivity contribution in [3.05, 3.63) is 64.1 Å². The number of nitrogens with zero attached hydrogens (tertiary/aromatic N) is 1. The van der Waals surface area contributed by atoms with E-state index in [1.807, 2.05) is 30.6 Å². The van der Waals surface area contributed by atoms with Crippen LogP contribution in [0.1, 0.15) is 29.9 Å². The van der Waals surface area contributed by atoms with E-state index in [4.69, 9.17) is 4.42 Å². The first-order chi connectivity index (χ1) is 10.1. The summed E-state index contributed by atoms with van der Waals surface area (Å²) in [5, 5.41) is 4.62. The second kappa shape index (κ2) is 6.00. The van der Waals surface area contributed by atoms with Gasteiger partial charge in [-0.3, -0.25) is 4.98 Å². The SMILES string of the molecule is Cc1cnccc1CNC(C)c1cc2cc(Br)ccc2o1. The third-order valence-corrected chi connectivity index (χ3v) is 4.15. The normalized spacial score (nSPS) is 12.7. The van der Waals surface area contributed by atoms with Gasteiger partial charge in [-0.1, -0.05) is 15.9 Å².